The molecule has 0 unspecified atom stereocenters. The second-order valence-corrected chi connectivity index (χ2v) is 7.00. The first-order valence-corrected chi connectivity index (χ1v) is 9.27. The van der Waals surface area contributed by atoms with Crippen molar-refractivity contribution in [2.45, 2.75) is 18.9 Å². The van der Waals surface area contributed by atoms with Crippen molar-refractivity contribution in [1.29, 1.82) is 0 Å². The number of hydrogen-bond acceptors (Lipinski definition) is 5. The van der Waals surface area contributed by atoms with Crippen molar-refractivity contribution in [1.82, 2.24) is 15.7 Å². The molecule has 8 heteroatoms. The average molecular weight is 381 g/mol. The number of halogens is 1. The Bertz CT molecular complexity index is 711. The Kier molecular flexibility index (Phi) is 6.14. The van der Waals surface area contributed by atoms with Crippen LogP contribution in [-0.4, -0.2) is 35.6 Å². The standard InChI is InChI=1S/C16H17ClN4OS2/c17-12-5-3-11(4-6-12)15-20-13(10-24-15)8-19-21-16(23)18-9-14-2-1-7-22-14/h3-6,8,10,14H,1-2,7,9H2,(H2,18,21,23)/b19-8-/t14-/m1/s1. The zero-order valence-corrected chi connectivity index (χ0v) is 15.3. The van der Waals surface area contributed by atoms with Gasteiger partial charge in [-0.1, -0.05) is 23.7 Å². The van der Waals surface area contributed by atoms with Crippen LogP contribution in [-0.2, 0) is 4.74 Å². The minimum Gasteiger partial charge on any atom is -0.376 e. The highest BCUT2D eigenvalue weighted by atomic mass is 35.5. The van der Waals surface area contributed by atoms with Crippen molar-refractivity contribution < 1.29 is 4.74 Å². The zero-order valence-electron chi connectivity index (χ0n) is 12.9. The number of rotatable bonds is 5. The van der Waals surface area contributed by atoms with E-state index in [9.17, 15) is 0 Å². The lowest BCUT2D eigenvalue weighted by molar-refractivity contribution is 0.114. The smallest absolute Gasteiger partial charge is 0.187 e. The lowest BCUT2D eigenvalue weighted by Gasteiger charge is -2.11. The van der Waals surface area contributed by atoms with Crippen LogP contribution in [0.4, 0.5) is 0 Å². The molecular weight excluding hydrogens is 364 g/mol. The Balaban J connectivity index is 1.48. The van der Waals surface area contributed by atoms with E-state index in [0.29, 0.717) is 16.7 Å². The average Bonchev–Trinajstić information content (AvgIpc) is 3.25. The van der Waals surface area contributed by atoms with Crippen molar-refractivity contribution in [3.8, 4) is 10.6 Å². The van der Waals surface area contributed by atoms with Crippen molar-refractivity contribution in [3.05, 3.63) is 40.4 Å². The highest BCUT2D eigenvalue weighted by molar-refractivity contribution is 7.80. The molecule has 5 nitrogen and oxygen atoms in total. The molecule has 0 amide bonds. The van der Waals surface area contributed by atoms with E-state index in [1.54, 1.807) is 17.6 Å². The maximum Gasteiger partial charge on any atom is 0.187 e. The lowest BCUT2D eigenvalue weighted by atomic mass is 10.2. The maximum atomic E-state index is 5.90. The molecule has 0 spiro atoms. The number of benzene rings is 1. The zero-order chi connectivity index (χ0) is 16.8. The molecule has 0 saturated carbocycles. The van der Waals surface area contributed by atoms with Gasteiger partial charge in [0.25, 0.3) is 0 Å². The molecule has 1 fully saturated rings. The topological polar surface area (TPSA) is 58.5 Å². The van der Waals surface area contributed by atoms with Crippen LogP contribution >= 0.6 is 35.2 Å². The van der Waals surface area contributed by atoms with E-state index in [4.69, 9.17) is 28.6 Å². The summed E-state index contributed by atoms with van der Waals surface area (Å²) in [6.07, 6.45) is 4.08. The van der Waals surface area contributed by atoms with Crippen LogP contribution in [0, 0.1) is 0 Å². The summed E-state index contributed by atoms with van der Waals surface area (Å²) in [4.78, 5) is 4.52. The second kappa shape index (κ2) is 8.53. The molecule has 24 heavy (non-hydrogen) atoms. The normalized spacial score (nSPS) is 17.3. The van der Waals surface area contributed by atoms with Crippen molar-refractivity contribution >= 4 is 46.5 Å². The molecule has 0 aliphatic carbocycles. The number of thiocarbonyl (C=S) groups is 1. The first kappa shape index (κ1) is 17.3. The van der Waals surface area contributed by atoms with Crippen molar-refractivity contribution in [2.75, 3.05) is 13.2 Å². The largest absolute Gasteiger partial charge is 0.376 e. The summed E-state index contributed by atoms with van der Waals surface area (Å²) in [6, 6.07) is 7.60. The third-order valence-electron chi connectivity index (χ3n) is 3.49. The third kappa shape index (κ3) is 4.98. The van der Waals surface area contributed by atoms with Gasteiger partial charge in [-0.15, -0.1) is 11.3 Å². The molecule has 3 rings (SSSR count). The number of hydrazone groups is 1. The predicted molar refractivity (Wildman–Crippen MR) is 103 cm³/mol. The fraction of sp³-hybridized carbons (Fsp3) is 0.312. The van der Waals surface area contributed by atoms with Gasteiger partial charge in [-0.25, -0.2) is 4.98 Å². The predicted octanol–water partition coefficient (Wildman–Crippen LogP) is 3.44. The monoisotopic (exact) mass is 380 g/mol. The molecule has 2 aromatic rings. The van der Waals surface area contributed by atoms with Gasteiger partial charge in [0.2, 0.25) is 0 Å². The van der Waals surface area contributed by atoms with Crippen LogP contribution in [0.3, 0.4) is 0 Å². The highest BCUT2D eigenvalue weighted by Gasteiger charge is 2.14. The summed E-state index contributed by atoms with van der Waals surface area (Å²) in [5.74, 6) is 0. The van der Waals surface area contributed by atoms with Crippen LogP contribution in [0.1, 0.15) is 18.5 Å². The Morgan fingerprint density at radius 3 is 3.04 bits per heavy atom. The van der Waals surface area contributed by atoms with E-state index >= 15 is 0 Å². The number of nitrogens with zero attached hydrogens (tertiary/aromatic N) is 2. The number of thiazole rings is 1. The summed E-state index contributed by atoms with van der Waals surface area (Å²) in [6.45, 7) is 1.54. The van der Waals surface area contributed by atoms with Gasteiger partial charge in [0.1, 0.15) is 5.01 Å². The van der Waals surface area contributed by atoms with Crippen LogP contribution in [0.5, 0.6) is 0 Å². The molecule has 1 aliphatic heterocycles. The summed E-state index contributed by atoms with van der Waals surface area (Å²) in [5.41, 5.74) is 4.60. The van der Waals surface area contributed by atoms with E-state index < -0.39 is 0 Å². The first-order chi connectivity index (χ1) is 11.7. The van der Waals surface area contributed by atoms with Crippen molar-refractivity contribution in [3.63, 3.8) is 0 Å². The Labute approximate surface area is 155 Å². The fourth-order valence-corrected chi connectivity index (χ4v) is 3.32. The summed E-state index contributed by atoms with van der Waals surface area (Å²) in [5, 5.41) is 11.3. The molecule has 1 aromatic carbocycles. The Morgan fingerprint density at radius 2 is 2.29 bits per heavy atom. The second-order valence-electron chi connectivity index (χ2n) is 5.30. The van der Waals surface area contributed by atoms with Gasteiger partial charge in [0.15, 0.2) is 5.11 Å². The van der Waals surface area contributed by atoms with E-state index in [0.717, 1.165) is 35.7 Å². The number of nitrogens with one attached hydrogen (secondary N) is 2. The Morgan fingerprint density at radius 1 is 1.46 bits per heavy atom. The molecule has 1 aromatic heterocycles. The molecule has 1 atom stereocenters. The van der Waals surface area contributed by atoms with Gasteiger partial charge in [-0.3, -0.25) is 5.43 Å². The summed E-state index contributed by atoms with van der Waals surface area (Å²) < 4.78 is 5.52. The molecule has 0 bridgehead atoms. The van der Waals surface area contributed by atoms with Gasteiger partial charge < -0.3 is 10.1 Å². The molecule has 1 aliphatic rings. The van der Waals surface area contributed by atoms with Crippen LogP contribution in [0.25, 0.3) is 10.6 Å². The first-order valence-electron chi connectivity index (χ1n) is 7.61. The minimum atomic E-state index is 0.245. The van der Waals surface area contributed by atoms with Crippen molar-refractivity contribution in [2.24, 2.45) is 5.10 Å². The van der Waals surface area contributed by atoms with E-state index in [1.165, 1.54) is 0 Å². The fourth-order valence-electron chi connectivity index (χ4n) is 2.28. The molecule has 2 heterocycles. The molecule has 1 saturated heterocycles. The Hall–Kier alpha value is -1.54. The van der Waals surface area contributed by atoms with Gasteiger partial charge in [0, 0.05) is 29.1 Å². The highest BCUT2D eigenvalue weighted by Crippen LogP contribution is 2.24. The van der Waals surface area contributed by atoms with Crippen LogP contribution in [0.15, 0.2) is 34.7 Å². The summed E-state index contributed by atoms with van der Waals surface area (Å²) >= 11 is 12.6. The van der Waals surface area contributed by atoms with Crippen LogP contribution < -0.4 is 10.7 Å². The molecule has 0 radical (unpaired) electrons. The van der Waals surface area contributed by atoms with Gasteiger partial charge in [0.05, 0.1) is 18.0 Å². The molecule has 126 valence electrons. The molecule has 2 N–H and O–H groups in total. The minimum absolute atomic E-state index is 0.245. The molecular formula is C16H17ClN4OS2. The van der Waals surface area contributed by atoms with E-state index in [2.05, 4.69) is 20.8 Å². The van der Waals surface area contributed by atoms with Gasteiger partial charge in [-0.2, -0.15) is 5.10 Å². The van der Waals surface area contributed by atoms with Gasteiger partial charge >= 0.3 is 0 Å². The third-order valence-corrected chi connectivity index (χ3v) is 4.89. The number of aromatic nitrogens is 1. The van der Waals surface area contributed by atoms with Gasteiger partial charge in [-0.05, 0) is 37.2 Å². The van der Waals surface area contributed by atoms with E-state index in [1.807, 2.05) is 29.6 Å². The number of ether oxygens (including phenoxy) is 1. The lowest BCUT2D eigenvalue weighted by Crippen LogP contribution is -2.37. The SMILES string of the molecule is S=C(NC[C@H]1CCCO1)N/N=C\c1csc(-c2ccc(Cl)cc2)n1. The summed E-state index contributed by atoms with van der Waals surface area (Å²) in [7, 11) is 0. The van der Waals surface area contributed by atoms with Crippen LogP contribution in [0.2, 0.25) is 5.02 Å². The number of hydrogen-bond donors (Lipinski definition) is 2. The maximum absolute atomic E-state index is 5.90. The quantitative estimate of drug-likeness (QED) is 0.472. The van der Waals surface area contributed by atoms with E-state index in [-0.39, 0.29) is 6.10 Å².